The second kappa shape index (κ2) is 7.99. The van der Waals surface area contributed by atoms with Crippen LogP contribution in [0.3, 0.4) is 0 Å². The van der Waals surface area contributed by atoms with Gasteiger partial charge in [-0.15, -0.1) is 11.3 Å². The van der Waals surface area contributed by atoms with Crippen LogP contribution in [0.5, 0.6) is 5.75 Å². The van der Waals surface area contributed by atoms with Gasteiger partial charge in [-0.05, 0) is 25.0 Å². The molecule has 10 heteroatoms. The summed E-state index contributed by atoms with van der Waals surface area (Å²) in [5.74, 6) is -1.51. The normalized spacial score (nSPS) is 20.2. The van der Waals surface area contributed by atoms with Crippen molar-refractivity contribution in [1.82, 2.24) is 14.5 Å². The van der Waals surface area contributed by atoms with Crippen LogP contribution in [0, 0.1) is 5.82 Å². The zero-order chi connectivity index (χ0) is 22.6. The molecule has 1 aromatic carbocycles. The number of thiazole rings is 1. The Hall–Kier alpha value is -2.75. The SMILES string of the molecule is C[C@H]1CCOC2Cn3cc(-c4ncc(Cc5cccc(Cl)c5F)s4)c(=O)c(O)c3C(=O)N21. The quantitative estimate of drug-likeness (QED) is 0.625. The van der Waals surface area contributed by atoms with Crippen LogP contribution in [-0.2, 0) is 17.7 Å². The number of hydrogen-bond acceptors (Lipinski definition) is 6. The number of ether oxygens (including phenoxy) is 1. The highest BCUT2D eigenvalue weighted by molar-refractivity contribution is 7.15. The van der Waals surface area contributed by atoms with Crippen LogP contribution in [-0.4, -0.2) is 44.3 Å². The summed E-state index contributed by atoms with van der Waals surface area (Å²) in [6.45, 7) is 2.77. The molecule has 0 saturated carbocycles. The van der Waals surface area contributed by atoms with Crippen LogP contribution >= 0.6 is 22.9 Å². The summed E-state index contributed by atoms with van der Waals surface area (Å²) in [4.78, 5) is 32.6. The number of amides is 1. The molecule has 3 aromatic rings. The first-order chi connectivity index (χ1) is 15.3. The summed E-state index contributed by atoms with van der Waals surface area (Å²) in [7, 11) is 0. The lowest BCUT2D eigenvalue weighted by molar-refractivity contribution is -0.112. The Labute approximate surface area is 191 Å². The van der Waals surface area contributed by atoms with Crippen molar-refractivity contribution in [2.24, 2.45) is 0 Å². The molecule has 5 rings (SSSR count). The average molecular weight is 476 g/mol. The van der Waals surface area contributed by atoms with E-state index in [0.29, 0.717) is 30.1 Å². The van der Waals surface area contributed by atoms with Crippen molar-refractivity contribution < 1.29 is 19.0 Å². The highest BCUT2D eigenvalue weighted by Crippen LogP contribution is 2.32. The van der Waals surface area contributed by atoms with E-state index in [1.165, 1.54) is 23.6 Å². The lowest BCUT2D eigenvalue weighted by Gasteiger charge is -2.44. The molecule has 2 aromatic heterocycles. The molecule has 1 unspecified atom stereocenters. The topological polar surface area (TPSA) is 84.7 Å². The van der Waals surface area contributed by atoms with E-state index in [0.717, 1.165) is 4.88 Å². The van der Waals surface area contributed by atoms with Gasteiger partial charge in [-0.25, -0.2) is 9.37 Å². The van der Waals surface area contributed by atoms with Gasteiger partial charge >= 0.3 is 0 Å². The summed E-state index contributed by atoms with van der Waals surface area (Å²) in [5, 5.41) is 11.1. The molecule has 2 atom stereocenters. The summed E-state index contributed by atoms with van der Waals surface area (Å²) in [6.07, 6.45) is 3.62. The first-order valence-electron chi connectivity index (χ1n) is 10.1. The lowest BCUT2D eigenvalue weighted by atomic mass is 10.1. The summed E-state index contributed by atoms with van der Waals surface area (Å²) in [5.41, 5.74) is -0.0975. The van der Waals surface area contributed by atoms with Gasteiger partial charge in [0.25, 0.3) is 5.91 Å². The Kier molecular flexibility index (Phi) is 5.27. The number of carbonyl (C=O) groups excluding carboxylic acids is 1. The number of carbonyl (C=O) groups is 1. The first-order valence-corrected chi connectivity index (χ1v) is 11.3. The minimum atomic E-state index is -0.663. The molecule has 4 heterocycles. The smallest absolute Gasteiger partial charge is 0.276 e. The Bertz CT molecular complexity index is 1290. The van der Waals surface area contributed by atoms with Crippen LogP contribution in [0.4, 0.5) is 4.39 Å². The van der Waals surface area contributed by atoms with E-state index >= 15 is 0 Å². The van der Waals surface area contributed by atoms with E-state index in [2.05, 4.69) is 4.98 Å². The van der Waals surface area contributed by atoms with Crippen molar-refractivity contribution in [2.75, 3.05) is 6.61 Å². The maximum Gasteiger partial charge on any atom is 0.276 e. The Balaban J connectivity index is 1.51. The third kappa shape index (κ3) is 3.41. The van der Waals surface area contributed by atoms with Gasteiger partial charge < -0.3 is 19.3 Å². The van der Waals surface area contributed by atoms with Gasteiger partial charge in [0.2, 0.25) is 5.43 Å². The molecule has 0 radical (unpaired) electrons. The van der Waals surface area contributed by atoms with Gasteiger partial charge in [0.05, 0.1) is 23.7 Å². The van der Waals surface area contributed by atoms with Crippen molar-refractivity contribution in [2.45, 2.75) is 38.6 Å². The molecule has 166 valence electrons. The molecule has 0 bridgehead atoms. The number of halogens is 2. The monoisotopic (exact) mass is 475 g/mol. The number of rotatable bonds is 3. The van der Waals surface area contributed by atoms with E-state index in [1.54, 1.807) is 27.8 Å². The highest BCUT2D eigenvalue weighted by Gasteiger charge is 2.40. The van der Waals surface area contributed by atoms with Crippen molar-refractivity contribution in [1.29, 1.82) is 0 Å². The van der Waals surface area contributed by atoms with Crippen molar-refractivity contribution in [3.8, 4) is 16.3 Å². The van der Waals surface area contributed by atoms with E-state index in [4.69, 9.17) is 16.3 Å². The fourth-order valence-electron chi connectivity index (χ4n) is 4.20. The highest BCUT2D eigenvalue weighted by atomic mass is 35.5. The molecular formula is C22H19ClFN3O4S. The van der Waals surface area contributed by atoms with Gasteiger partial charge in [0, 0.05) is 29.7 Å². The molecule has 32 heavy (non-hydrogen) atoms. The number of fused-ring (bicyclic) bond motifs is 2. The van der Waals surface area contributed by atoms with E-state index in [9.17, 15) is 19.1 Å². The third-order valence-electron chi connectivity index (χ3n) is 5.86. The number of pyridine rings is 1. The molecule has 2 aliphatic rings. The zero-order valence-electron chi connectivity index (χ0n) is 17.0. The standard InChI is InChI=1S/C22H19ClFN3O4S/c1-11-5-6-31-16-10-26-9-14(19(28)20(29)18(26)22(30)27(11)16)21-25-8-13(32-21)7-12-3-2-4-15(23)17(12)24/h2-4,8-9,11,16,29H,5-7,10H2,1H3/t11-,16?/m0/s1. The second-order valence-electron chi connectivity index (χ2n) is 7.92. The minimum absolute atomic E-state index is 0.0369. The molecule has 7 nitrogen and oxygen atoms in total. The predicted octanol–water partition coefficient (Wildman–Crippen LogP) is 3.65. The lowest BCUT2D eigenvalue weighted by Crippen LogP contribution is -2.56. The van der Waals surface area contributed by atoms with Crippen LogP contribution in [0.1, 0.15) is 34.3 Å². The maximum atomic E-state index is 14.2. The molecule has 0 spiro atoms. The van der Waals surface area contributed by atoms with E-state index < -0.39 is 29.1 Å². The van der Waals surface area contributed by atoms with Crippen LogP contribution in [0.15, 0.2) is 35.4 Å². The summed E-state index contributed by atoms with van der Waals surface area (Å²) >= 11 is 7.08. The van der Waals surface area contributed by atoms with E-state index in [-0.39, 0.29) is 28.7 Å². The summed E-state index contributed by atoms with van der Waals surface area (Å²) < 4.78 is 21.6. The van der Waals surface area contributed by atoms with Crippen LogP contribution < -0.4 is 5.43 Å². The summed E-state index contributed by atoms with van der Waals surface area (Å²) in [6, 6.07) is 4.75. The van der Waals surface area contributed by atoms with Gasteiger partial charge in [-0.3, -0.25) is 9.59 Å². The first kappa shape index (κ1) is 21.1. The average Bonchev–Trinajstić information content (AvgIpc) is 3.22. The Morgan fingerprint density at radius 3 is 3.00 bits per heavy atom. The minimum Gasteiger partial charge on any atom is -0.503 e. The fourth-order valence-corrected chi connectivity index (χ4v) is 5.33. The van der Waals surface area contributed by atoms with Gasteiger partial charge in [0.15, 0.2) is 17.7 Å². The molecule has 2 aliphatic heterocycles. The number of hydrogen-bond donors (Lipinski definition) is 1. The number of benzene rings is 1. The molecule has 1 N–H and O–H groups in total. The molecule has 1 fully saturated rings. The van der Waals surface area contributed by atoms with Crippen LogP contribution in [0.25, 0.3) is 10.6 Å². The van der Waals surface area contributed by atoms with E-state index in [1.807, 2.05) is 6.92 Å². The number of nitrogens with zero attached hydrogens (tertiary/aromatic N) is 3. The molecule has 1 amide bonds. The van der Waals surface area contributed by atoms with Gasteiger partial charge in [-0.2, -0.15) is 0 Å². The molecule has 0 aliphatic carbocycles. The zero-order valence-corrected chi connectivity index (χ0v) is 18.6. The van der Waals surface area contributed by atoms with Crippen molar-refractivity contribution >= 4 is 28.8 Å². The Morgan fingerprint density at radius 1 is 1.38 bits per heavy atom. The molecular weight excluding hydrogens is 457 g/mol. The van der Waals surface area contributed by atoms with Gasteiger partial charge in [-0.1, -0.05) is 23.7 Å². The second-order valence-corrected chi connectivity index (χ2v) is 9.44. The van der Waals surface area contributed by atoms with Crippen molar-refractivity contribution in [3.05, 3.63) is 67.8 Å². The maximum absolute atomic E-state index is 14.2. The largest absolute Gasteiger partial charge is 0.503 e. The van der Waals surface area contributed by atoms with Crippen molar-refractivity contribution in [3.63, 3.8) is 0 Å². The third-order valence-corrected chi connectivity index (χ3v) is 7.18. The van der Waals surface area contributed by atoms with Gasteiger partial charge in [0.1, 0.15) is 10.8 Å². The predicted molar refractivity (Wildman–Crippen MR) is 118 cm³/mol. The molecule has 1 saturated heterocycles. The Morgan fingerprint density at radius 2 is 2.19 bits per heavy atom. The fraction of sp³-hybridized carbons (Fsp3) is 0.318. The number of aromatic hydroxyl groups is 1. The number of aromatic nitrogens is 2. The van der Waals surface area contributed by atoms with Crippen LogP contribution in [0.2, 0.25) is 5.02 Å².